The normalized spacial score (nSPS) is 11.6. The summed E-state index contributed by atoms with van der Waals surface area (Å²) in [6, 6.07) is 14.4. The Hall–Kier alpha value is -4.08. The number of hydrogen-bond donors (Lipinski definition) is 1. The van der Waals surface area contributed by atoms with Crippen molar-refractivity contribution < 1.29 is 22.7 Å². The summed E-state index contributed by atoms with van der Waals surface area (Å²) >= 11 is 0. The summed E-state index contributed by atoms with van der Waals surface area (Å²) in [6.45, 7) is 4.51. The third-order valence-electron chi connectivity index (χ3n) is 5.27. The van der Waals surface area contributed by atoms with Crippen LogP contribution in [0.15, 0.2) is 73.2 Å². The summed E-state index contributed by atoms with van der Waals surface area (Å²) in [5.41, 5.74) is 1.53. The first kappa shape index (κ1) is 24.1. The van der Waals surface area contributed by atoms with Gasteiger partial charge < -0.3 is 10.1 Å². The molecule has 0 atom stereocenters. The van der Waals surface area contributed by atoms with E-state index in [0.29, 0.717) is 22.9 Å². The van der Waals surface area contributed by atoms with Crippen molar-refractivity contribution in [1.82, 2.24) is 19.6 Å². The largest absolute Gasteiger partial charge is 0.471 e. The van der Waals surface area contributed by atoms with Gasteiger partial charge in [0.25, 0.3) is 5.91 Å². The minimum Gasteiger partial charge on any atom is -0.471 e. The van der Waals surface area contributed by atoms with Crippen molar-refractivity contribution in [3.8, 4) is 5.75 Å². The van der Waals surface area contributed by atoms with Crippen molar-refractivity contribution in [2.24, 2.45) is 0 Å². The molecule has 0 aliphatic carbocycles. The summed E-state index contributed by atoms with van der Waals surface area (Å²) in [4.78, 5) is 12.5. The second-order valence-electron chi connectivity index (χ2n) is 8.32. The molecular weight excluding hydrogens is 459 g/mol. The zero-order chi connectivity index (χ0) is 25.0. The van der Waals surface area contributed by atoms with E-state index in [1.165, 1.54) is 27.2 Å². The van der Waals surface area contributed by atoms with Gasteiger partial charge in [0.1, 0.15) is 5.75 Å². The number of halogens is 3. The molecule has 0 saturated carbocycles. The van der Waals surface area contributed by atoms with Gasteiger partial charge in [-0.1, -0.05) is 38.1 Å². The van der Waals surface area contributed by atoms with Crippen LogP contribution in [-0.4, -0.2) is 25.5 Å². The van der Waals surface area contributed by atoms with Gasteiger partial charge in [0.15, 0.2) is 12.4 Å². The van der Waals surface area contributed by atoms with Gasteiger partial charge in [0.2, 0.25) is 0 Å². The number of alkyl halides is 3. The lowest BCUT2D eigenvalue weighted by Crippen LogP contribution is -2.14. The summed E-state index contributed by atoms with van der Waals surface area (Å²) in [6.07, 6.45) is 0.187. The number of anilines is 1. The minimum absolute atomic E-state index is 0.129. The van der Waals surface area contributed by atoms with E-state index in [0.717, 1.165) is 12.1 Å². The summed E-state index contributed by atoms with van der Waals surface area (Å²) in [7, 11) is 0. The van der Waals surface area contributed by atoms with Crippen molar-refractivity contribution in [2.45, 2.75) is 39.2 Å². The van der Waals surface area contributed by atoms with Gasteiger partial charge >= 0.3 is 6.18 Å². The second kappa shape index (κ2) is 10.0. The molecule has 2 aromatic carbocycles. The first-order valence-corrected chi connectivity index (χ1v) is 10.9. The maximum absolute atomic E-state index is 12.9. The Morgan fingerprint density at radius 2 is 1.86 bits per heavy atom. The number of aromatic nitrogens is 4. The van der Waals surface area contributed by atoms with E-state index >= 15 is 0 Å². The Bertz CT molecular complexity index is 1290. The Morgan fingerprint density at radius 3 is 2.57 bits per heavy atom. The smallest absolute Gasteiger partial charge is 0.416 e. The first-order valence-electron chi connectivity index (χ1n) is 10.9. The lowest BCUT2D eigenvalue weighted by atomic mass is 10.0. The Balaban J connectivity index is 1.32. The molecule has 2 aromatic heterocycles. The zero-order valence-corrected chi connectivity index (χ0v) is 19.2. The highest BCUT2D eigenvalue weighted by Crippen LogP contribution is 2.29. The van der Waals surface area contributed by atoms with Gasteiger partial charge in [-0.05, 0) is 47.4 Å². The van der Waals surface area contributed by atoms with Crippen LogP contribution < -0.4 is 10.1 Å². The van der Waals surface area contributed by atoms with Crippen LogP contribution in [0.3, 0.4) is 0 Å². The average Bonchev–Trinajstić information content (AvgIpc) is 3.47. The van der Waals surface area contributed by atoms with Gasteiger partial charge in [-0.25, -0.2) is 4.68 Å². The lowest BCUT2D eigenvalue weighted by molar-refractivity contribution is -0.137. The number of benzene rings is 2. The molecule has 0 aliphatic heterocycles. The molecule has 2 heterocycles. The third kappa shape index (κ3) is 6.28. The van der Waals surface area contributed by atoms with Crippen LogP contribution in [-0.2, 0) is 19.5 Å². The molecule has 182 valence electrons. The SMILES string of the molecule is CC(C)c1ccc(OCn2ccc(C(=O)Nc3cnn(Cc4cccc(C(F)(F)F)c4)c3)n2)cc1. The molecule has 0 bridgehead atoms. The maximum atomic E-state index is 12.9. The molecule has 7 nitrogen and oxygen atoms in total. The molecule has 10 heteroatoms. The zero-order valence-electron chi connectivity index (χ0n) is 19.2. The van der Waals surface area contributed by atoms with E-state index in [4.69, 9.17) is 4.74 Å². The first-order chi connectivity index (χ1) is 16.7. The number of nitrogens with one attached hydrogen (secondary N) is 1. The van der Waals surface area contributed by atoms with Gasteiger partial charge in [0, 0.05) is 12.4 Å². The van der Waals surface area contributed by atoms with Gasteiger partial charge in [-0.15, -0.1) is 0 Å². The summed E-state index contributed by atoms with van der Waals surface area (Å²) in [5.74, 6) is 0.691. The number of carbonyl (C=O) groups excluding carboxylic acids is 1. The topological polar surface area (TPSA) is 74.0 Å². The molecule has 0 aliphatic rings. The molecule has 4 rings (SSSR count). The van der Waals surface area contributed by atoms with Gasteiger partial charge in [0.05, 0.1) is 24.0 Å². The van der Waals surface area contributed by atoms with Crippen LogP contribution in [0.5, 0.6) is 5.75 Å². The fourth-order valence-corrected chi connectivity index (χ4v) is 3.39. The summed E-state index contributed by atoms with van der Waals surface area (Å²) < 4.78 is 47.4. The maximum Gasteiger partial charge on any atom is 0.416 e. The number of hydrogen-bond acceptors (Lipinski definition) is 4. The van der Waals surface area contributed by atoms with Gasteiger partial charge in [-0.2, -0.15) is 23.4 Å². The van der Waals surface area contributed by atoms with Crippen molar-refractivity contribution in [1.29, 1.82) is 0 Å². The molecular formula is C25H24F3N5O2. The predicted octanol–water partition coefficient (Wildman–Crippen LogP) is 5.56. The molecule has 0 unspecified atom stereocenters. The van der Waals surface area contributed by atoms with E-state index in [1.807, 2.05) is 24.3 Å². The molecule has 0 fully saturated rings. The number of rotatable bonds is 8. The highest BCUT2D eigenvalue weighted by Gasteiger charge is 2.30. The van der Waals surface area contributed by atoms with Crippen LogP contribution in [0.25, 0.3) is 0 Å². The number of carbonyl (C=O) groups is 1. The van der Waals surface area contributed by atoms with Crippen molar-refractivity contribution in [3.05, 3.63) is 95.6 Å². The average molecular weight is 483 g/mol. The van der Waals surface area contributed by atoms with E-state index in [9.17, 15) is 18.0 Å². The van der Waals surface area contributed by atoms with Crippen LogP contribution in [0.2, 0.25) is 0 Å². The molecule has 1 N–H and O–H groups in total. The highest BCUT2D eigenvalue weighted by atomic mass is 19.4. The van der Waals surface area contributed by atoms with Crippen molar-refractivity contribution in [2.75, 3.05) is 5.32 Å². The molecule has 0 spiro atoms. The fraction of sp³-hybridized carbons (Fsp3) is 0.240. The fourth-order valence-electron chi connectivity index (χ4n) is 3.39. The monoisotopic (exact) mass is 483 g/mol. The number of amides is 1. The van der Waals surface area contributed by atoms with Crippen LogP contribution in [0.1, 0.15) is 46.9 Å². The molecule has 0 saturated heterocycles. The van der Waals surface area contributed by atoms with E-state index in [-0.39, 0.29) is 19.0 Å². The molecule has 35 heavy (non-hydrogen) atoms. The Kier molecular flexibility index (Phi) is 6.90. The lowest BCUT2D eigenvalue weighted by Gasteiger charge is -2.09. The Morgan fingerprint density at radius 1 is 1.09 bits per heavy atom. The van der Waals surface area contributed by atoms with Crippen LogP contribution in [0.4, 0.5) is 18.9 Å². The van der Waals surface area contributed by atoms with E-state index in [1.54, 1.807) is 24.5 Å². The van der Waals surface area contributed by atoms with E-state index < -0.39 is 17.6 Å². The van der Waals surface area contributed by atoms with Crippen molar-refractivity contribution >= 4 is 11.6 Å². The number of ether oxygens (including phenoxy) is 1. The quantitative estimate of drug-likeness (QED) is 0.356. The van der Waals surface area contributed by atoms with Crippen LogP contribution in [0, 0.1) is 0 Å². The van der Waals surface area contributed by atoms with Gasteiger partial charge in [-0.3, -0.25) is 9.48 Å². The Labute approximate surface area is 200 Å². The third-order valence-corrected chi connectivity index (χ3v) is 5.27. The molecule has 4 aromatic rings. The molecule has 1 amide bonds. The number of nitrogens with zero attached hydrogens (tertiary/aromatic N) is 4. The standard InChI is InChI=1S/C25H24F3N5O2/c1-17(2)19-6-8-22(9-7-19)35-16-32-11-10-23(31-32)24(34)30-21-13-29-33(15-21)14-18-4-3-5-20(12-18)25(26,27)28/h3-13,15,17H,14,16H2,1-2H3,(H,30,34). The predicted molar refractivity (Wildman–Crippen MR) is 124 cm³/mol. The molecule has 0 radical (unpaired) electrons. The van der Waals surface area contributed by atoms with E-state index in [2.05, 4.69) is 29.4 Å². The summed E-state index contributed by atoms with van der Waals surface area (Å²) in [5, 5.41) is 11.0. The second-order valence-corrected chi connectivity index (χ2v) is 8.32. The van der Waals surface area contributed by atoms with Crippen molar-refractivity contribution in [3.63, 3.8) is 0 Å². The minimum atomic E-state index is -4.41. The van der Waals surface area contributed by atoms with Crippen LogP contribution >= 0.6 is 0 Å². The highest BCUT2D eigenvalue weighted by molar-refractivity contribution is 6.02.